The molecular weight excluding hydrogens is 298 g/mol. The van der Waals surface area contributed by atoms with Gasteiger partial charge in [0.2, 0.25) is 0 Å². The number of benzene rings is 1. The van der Waals surface area contributed by atoms with E-state index in [0.717, 1.165) is 0 Å². The number of nitrogen functional groups attached to an aromatic ring is 1. The number of anilines is 1. The molecule has 0 heterocycles. The molecule has 0 saturated carbocycles. The van der Waals surface area contributed by atoms with Crippen molar-refractivity contribution in [3.8, 4) is 5.75 Å². The Hall–Kier alpha value is -1.50. The minimum absolute atomic E-state index is 0.135. The second-order valence-electron chi connectivity index (χ2n) is 4.02. The summed E-state index contributed by atoms with van der Waals surface area (Å²) in [7, 11) is 1.44. The molecule has 0 fully saturated rings. The second-order valence-corrected chi connectivity index (χ2v) is 4.43. The Kier molecular flexibility index (Phi) is 7.89. The highest BCUT2D eigenvalue weighted by Gasteiger charge is 2.16. The summed E-state index contributed by atoms with van der Waals surface area (Å²) in [6.45, 7) is 3.97. The predicted molar refractivity (Wildman–Crippen MR) is 80.0 cm³/mol. The predicted octanol–water partition coefficient (Wildman–Crippen LogP) is 2.14. The van der Waals surface area contributed by atoms with E-state index in [4.69, 9.17) is 36.3 Å². The number of carbonyl (C=O) groups is 1. The van der Waals surface area contributed by atoms with E-state index < -0.39 is 5.97 Å². The lowest BCUT2D eigenvalue weighted by Gasteiger charge is -2.11. The van der Waals surface area contributed by atoms with Gasteiger partial charge in [0, 0.05) is 12.7 Å². The van der Waals surface area contributed by atoms with Crippen molar-refractivity contribution >= 4 is 23.3 Å². The summed E-state index contributed by atoms with van der Waals surface area (Å²) in [4.78, 5) is 11.9. The van der Waals surface area contributed by atoms with Crippen LogP contribution in [0.3, 0.4) is 0 Å². The van der Waals surface area contributed by atoms with E-state index in [1.807, 2.05) is 6.92 Å². The molecule has 1 aromatic carbocycles. The SMILES string of the molecule is CCOCCOCCOC(=O)c1cc(Cl)c(N)cc1OC. The van der Waals surface area contributed by atoms with Crippen LogP contribution in [-0.4, -0.2) is 46.1 Å². The zero-order valence-corrected chi connectivity index (χ0v) is 12.9. The molecule has 0 aromatic heterocycles. The van der Waals surface area contributed by atoms with Crippen molar-refractivity contribution in [1.82, 2.24) is 0 Å². The van der Waals surface area contributed by atoms with Gasteiger partial charge in [0.05, 0.1) is 37.6 Å². The number of methoxy groups -OCH3 is 1. The van der Waals surface area contributed by atoms with E-state index >= 15 is 0 Å². The summed E-state index contributed by atoms with van der Waals surface area (Å²) < 4.78 is 20.5. The van der Waals surface area contributed by atoms with Gasteiger partial charge in [0.25, 0.3) is 0 Å². The Morgan fingerprint density at radius 2 is 1.86 bits per heavy atom. The Labute approximate surface area is 129 Å². The first-order chi connectivity index (χ1) is 10.1. The molecule has 0 atom stereocenters. The third-order valence-corrected chi connectivity index (χ3v) is 2.90. The standard InChI is InChI=1S/C14H20ClNO5/c1-3-19-4-5-20-6-7-21-14(17)10-8-11(15)12(16)9-13(10)18-2/h8-9H,3-7,16H2,1-2H3. The van der Waals surface area contributed by atoms with Gasteiger partial charge in [-0.1, -0.05) is 11.6 Å². The molecule has 1 rings (SSSR count). The molecule has 7 heteroatoms. The molecule has 0 bridgehead atoms. The minimum Gasteiger partial charge on any atom is -0.496 e. The highest BCUT2D eigenvalue weighted by Crippen LogP contribution is 2.29. The smallest absolute Gasteiger partial charge is 0.342 e. The topological polar surface area (TPSA) is 80.0 Å². The Bertz CT molecular complexity index is 467. The fourth-order valence-electron chi connectivity index (χ4n) is 1.53. The van der Waals surface area contributed by atoms with E-state index in [0.29, 0.717) is 37.9 Å². The molecule has 118 valence electrons. The summed E-state index contributed by atoms with van der Waals surface area (Å²) in [5.74, 6) is -0.221. The van der Waals surface area contributed by atoms with Crippen LogP contribution < -0.4 is 10.5 Å². The monoisotopic (exact) mass is 317 g/mol. The molecule has 21 heavy (non-hydrogen) atoms. The van der Waals surface area contributed by atoms with Crippen LogP contribution in [0.25, 0.3) is 0 Å². The van der Waals surface area contributed by atoms with Crippen molar-refractivity contribution in [2.24, 2.45) is 0 Å². The van der Waals surface area contributed by atoms with Crippen LogP contribution >= 0.6 is 11.6 Å². The normalized spacial score (nSPS) is 10.4. The number of halogens is 1. The van der Waals surface area contributed by atoms with E-state index in [-0.39, 0.29) is 17.2 Å². The molecule has 0 amide bonds. The van der Waals surface area contributed by atoms with E-state index in [2.05, 4.69) is 0 Å². The van der Waals surface area contributed by atoms with Gasteiger partial charge in [-0.25, -0.2) is 4.79 Å². The number of hydrogen-bond acceptors (Lipinski definition) is 6. The maximum Gasteiger partial charge on any atom is 0.342 e. The molecule has 0 aliphatic heterocycles. The van der Waals surface area contributed by atoms with Crippen molar-refractivity contribution in [2.75, 3.05) is 45.9 Å². The highest BCUT2D eigenvalue weighted by molar-refractivity contribution is 6.33. The summed E-state index contributed by atoms with van der Waals surface area (Å²) in [5.41, 5.74) is 6.21. The zero-order valence-electron chi connectivity index (χ0n) is 12.2. The molecule has 0 saturated heterocycles. The third kappa shape index (κ3) is 5.79. The Balaban J connectivity index is 2.43. The summed E-state index contributed by atoms with van der Waals surface area (Å²) in [5, 5.41) is 0.274. The van der Waals surface area contributed by atoms with Crippen LogP contribution in [0, 0.1) is 0 Å². The number of carbonyl (C=O) groups excluding carboxylic acids is 1. The van der Waals surface area contributed by atoms with Crippen molar-refractivity contribution in [3.63, 3.8) is 0 Å². The molecule has 2 N–H and O–H groups in total. The average molecular weight is 318 g/mol. The molecule has 0 unspecified atom stereocenters. The van der Waals surface area contributed by atoms with Crippen LogP contribution in [0.5, 0.6) is 5.75 Å². The van der Waals surface area contributed by atoms with Crippen LogP contribution in [0.2, 0.25) is 5.02 Å². The quantitative estimate of drug-likeness (QED) is 0.427. The van der Waals surface area contributed by atoms with Gasteiger partial charge < -0.3 is 24.7 Å². The van der Waals surface area contributed by atoms with Gasteiger partial charge in [-0.3, -0.25) is 0 Å². The van der Waals surface area contributed by atoms with Gasteiger partial charge in [0.1, 0.15) is 17.9 Å². The number of rotatable bonds is 9. The van der Waals surface area contributed by atoms with Crippen molar-refractivity contribution in [3.05, 3.63) is 22.7 Å². The van der Waals surface area contributed by atoms with Crippen molar-refractivity contribution in [1.29, 1.82) is 0 Å². The van der Waals surface area contributed by atoms with E-state index in [1.54, 1.807) is 0 Å². The van der Waals surface area contributed by atoms with Crippen molar-refractivity contribution in [2.45, 2.75) is 6.92 Å². The van der Waals surface area contributed by atoms with Gasteiger partial charge in [0.15, 0.2) is 0 Å². The maximum absolute atomic E-state index is 11.9. The summed E-state index contributed by atoms with van der Waals surface area (Å²) in [6.07, 6.45) is 0. The third-order valence-electron chi connectivity index (χ3n) is 2.58. The first kappa shape index (κ1) is 17.6. The largest absolute Gasteiger partial charge is 0.496 e. The highest BCUT2D eigenvalue weighted by atomic mass is 35.5. The van der Waals surface area contributed by atoms with Gasteiger partial charge in [-0.15, -0.1) is 0 Å². The number of ether oxygens (including phenoxy) is 4. The van der Waals surface area contributed by atoms with Crippen LogP contribution in [0.1, 0.15) is 17.3 Å². The van der Waals surface area contributed by atoms with Crippen LogP contribution in [0.15, 0.2) is 12.1 Å². The van der Waals surface area contributed by atoms with Crippen LogP contribution in [-0.2, 0) is 14.2 Å². The summed E-state index contributed by atoms with van der Waals surface area (Å²) in [6, 6.07) is 2.91. The van der Waals surface area contributed by atoms with E-state index in [1.165, 1.54) is 19.2 Å². The zero-order chi connectivity index (χ0) is 15.7. The number of hydrogen-bond donors (Lipinski definition) is 1. The first-order valence-electron chi connectivity index (χ1n) is 6.55. The molecular formula is C14H20ClNO5. The lowest BCUT2D eigenvalue weighted by atomic mass is 10.2. The lowest BCUT2D eigenvalue weighted by molar-refractivity contribution is 0.0162. The molecule has 0 aliphatic rings. The molecule has 6 nitrogen and oxygen atoms in total. The Morgan fingerprint density at radius 3 is 2.52 bits per heavy atom. The minimum atomic E-state index is -0.540. The molecule has 1 aromatic rings. The maximum atomic E-state index is 11.9. The fraction of sp³-hybridized carbons (Fsp3) is 0.500. The second kappa shape index (κ2) is 9.44. The van der Waals surface area contributed by atoms with Gasteiger partial charge in [-0.05, 0) is 13.0 Å². The van der Waals surface area contributed by atoms with Crippen molar-refractivity contribution < 1.29 is 23.7 Å². The van der Waals surface area contributed by atoms with Gasteiger partial charge in [-0.2, -0.15) is 0 Å². The van der Waals surface area contributed by atoms with Crippen LogP contribution in [0.4, 0.5) is 5.69 Å². The molecule has 0 spiro atoms. The summed E-state index contributed by atoms with van der Waals surface area (Å²) >= 11 is 5.89. The molecule has 0 radical (unpaired) electrons. The van der Waals surface area contributed by atoms with Gasteiger partial charge >= 0.3 is 5.97 Å². The number of esters is 1. The number of nitrogens with two attached hydrogens (primary N) is 1. The lowest BCUT2D eigenvalue weighted by Crippen LogP contribution is -2.14. The average Bonchev–Trinajstić information content (AvgIpc) is 2.48. The first-order valence-corrected chi connectivity index (χ1v) is 6.93. The van der Waals surface area contributed by atoms with E-state index in [9.17, 15) is 4.79 Å². The molecule has 0 aliphatic carbocycles. The Morgan fingerprint density at radius 1 is 1.19 bits per heavy atom. The fourth-order valence-corrected chi connectivity index (χ4v) is 1.70.